The van der Waals surface area contributed by atoms with Crippen LogP contribution in [0.25, 0.3) is 0 Å². The van der Waals surface area contributed by atoms with Crippen molar-refractivity contribution in [1.29, 1.82) is 0 Å². The number of benzene rings is 1. The molecule has 5 heteroatoms. The Labute approximate surface area is 125 Å². The fraction of sp³-hybridized carbons (Fsp3) is 0.562. The smallest absolute Gasteiger partial charge is 0.248 e. The number of aliphatic hydroxyl groups is 1. The largest absolute Gasteiger partial charge is 0.388 e. The van der Waals surface area contributed by atoms with E-state index in [0.29, 0.717) is 32.7 Å². The van der Waals surface area contributed by atoms with E-state index in [1.54, 1.807) is 6.92 Å². The van der Waals surface area contributed by atoms with Crippen molar-refractivity contribution in [1.82, 2.24) is 5.32 Å². The summed E-state index contributed by atoms with van der Waals surface area (Å²) in [4.78, 5) is 12.0. The van der Waals surface area contributed by atoms with Gasteiger partial charge in [-0.1, -0.05) is 30.3 Å². The van der Waals surface area contributed by atoms with Crippen LogP contribution in [-0.2, 0) is 20.9 Å². The molecule has 0 bridgehead atoms. The zero-order chi connectivity index (χ0) is 15.1. The lowest BCUT2D eigenvalue weighted by atomic mass is 9.94. The van der Waals surface area contributed by atoms with E-state index in [4.69, 9.17) is 9.47 Å². The Morgan fingerprint density at radius 3 is 2.71 bits per heavy atom. The van der Waals surface area contributed by atoms with Gasteiger partial charge in [-0.25, -0.2) is 0 Å². The number of ether oxygens (including phenoxy) is 2. The van der Waals surface area contributed by atoms with Crippen molar-refractivity contribution in [3.8, 4) is 0 Å². The normalized spacial score (nSPS) is 19.0. The molecule has 1 unspecified atom stereocenters. The lowest BCUT2D eigenvalue weighted by Gasteiger charge is -2.32. The summed E-state index contributed by atoms with van der Waals surface area (Å²) in [6.07, 6.45) is 0.549. The molecule has 0 aromatic heterocycles. The zero-order valence-electron chi connectivity index (χ0n) is 12.4. The average Bonchev–Trinajstić information content (AvgIpc) is 2.52. The van der Waals surface area contributed by atoms with Crippen molar-refractivity contribution in [3.63, 3.8) is 0 Å². The number of carbonyl (C=O) groups excluding carboxylic acids is 1. The highest BCUT2D eigenvalue weighted by atomic mass is 16.5. The van der Waals surface area contributed by atoms with Gasteiger partial charge in [-0.15, -0.1) is 0 Å². The number of nitrogens with one attached hydrogen (secondary N) is 1. The average molecular weight is 293 g/mol. The Balaban J connectivity index is 1.72. The quantitative estimate of drug-likeness (QED) is 0.828. The summed E-state index contributed by atoms with van der Waals surface area (Å²) in [7, 11) is 0. The molecule has 1 aliphatic heterocycles. The minimum absolute atomic E-state index is 0.203. The summed E-state index contributed by atoms with van der Waals surface area (Å²) in [5.74, 6) is -0.203. The van der Waals surface area contributed by atoms with Gasteiger partial charge in [0.15, 0.2) is 0 Å². The highest BCUT2D eigenvalue weighted by Crippen LogP contribution is 2.19. The highest BCUT2D eigenvalue weighted by Gasteiger charge is 2.30. The van der Waals surface area contributed by atoms with Crippen LogP contribution in [0.3, 0.4) is 0 Å². The Morgan fingerprint density at radius 2 is 2.05 bits per heavy atom. The van der Waals surface area contributed by atoms with E-state index in [-0.39, 0.29) is 12.5 Å². The van der Waals surface area contributed by atoms with Crippen LogP contribution in [0.1, 0.15) is 25.3 Å². The fourth-order valence-electron chi connectivity index (χ4n) is 2.19. The molecule has 0 saturated carbocycles. The van der Waals surface area contributed by atoms with Crippen molar-refractivity contribution in [2.75, 3.05) is 19.8 Å². The third-order valence-corrected chi connectivity index (χ3v) is 3.73. The maximum atomic E-state index is 12.0. The van der Waals surface area contributed by atoms with Gasteiger partial charge in [0, 0.05) is 32.6 Å². The van der Waals surface area contributed by atoms with Gasteiger partial charge in [-0.05, 0) is 12.5 Å². The fourth-order valence-corrected chi connectivity index (χ4v) is 2.19. The second-order valence-corrected chi connectivity index (χ2v) is 5.49. The Bertz CT molecular complexity index is 443. The molecule has 1 atom stereocenters. The summed E-state index contributed by atoms with van der Waals surface area (Å²) >= 11 is 0. The summed E-state index contributed by atoms with van der Waals surface area (Å²) in [6.45, 7) is 3.42. The van der Waals surface area contributed by atoms with Gasteiger partial charge in [0.1, 0.15) is 6.10 Å². The van der Waals surface area contributed by atoms with E-state index < -0.39 is 11.7 Å². The van der Waals surface area contributed by atoms with Gasteiger partial charge < -0.3 is 19.9 Å². The van der Waals surface area contributed by atoms with Crippen LogP contribution >= 0.6 is 0 Å². The third-order valence-electron chi connectivity index (χ3n) is 3.73. The summed E-state index contributed by atoms with van der Waals surface area (Å²) < 4.78 is 10.8. The predicted molar refractivity (Wildman–Crippen MR) is 78.7 cm³/mol. The van der Waals surface area contributed by atoms with Crippen molar-refractivity contribution >= 4 is 5.91 Å². The van der Waals surface area contributed by atoms with Gasteiger partial charge in [0.05, 0.1) is 12.2 Å². The summed E-state index contributed by atoms with van der Waals surface area (Å²) in [6, 6.07) is 9.72. The molecule has 0 radical (unpaired) electrons. The lowest BCUT2D eigenvalue weighted by Crippen LogP contribution is -2.48. The van der Waals surface area contributed by atoms with E-state index in [1.165, 1.54) is 0 Å². The molecule has 1 amide bonds. The van der Waals surface area contributed by atoms with Crippen LogP contribution in [-0.4, -0.2) is 42.5 Å². The molecule has 2 rings (SSSR count). The molecule has 1 aromatic rings. The molecule has 1 aromatic carbocycles. The van der Waals surface area contributed by atoms with Crippen molar-refractivity contribution in [2.24, 2.45) is 0 Å². The molecular formula is C16H23NO4. The topological polar surface area (TPSA) is 67.8 Å². The van der Waals surface area contributed by atoms with Gasteiger partial charge in [-0.2, -0.15) is 0 Å². The first kappa shape index (κ1) is 15.9. The molecule has 1 aliphatic rings. The maximum Gasteiger partial charge on any atom is 0.248 e. The van der Waals surface area contributed by atoms with Gasteiger partial charge >= 0.3 is 0 Å². The molecule has 21 heavy (non-hydrogen) atoms. The standard InChI is InChI=1S/C16H23NO4/c1-13(21-11-14-5-3-2-4-6-14)15(18)17-12-16(19)7-9-20-10-8-16/h2-6,13,19H,7-12H2,1H3,(H,17,18). The Kier molecular flexibility index (Phi) is 5.73. The highest BCUT2D eigenvalue weighted by molar-refractivity contribution is 5.80. The number of rotatable bonds is 6. The molecular weight excluding hydrogens is 270 g/mol. The Hall–Kier alpha value is -1.43. The summed E-state index contributed by atoms with van der Waals surface area (Å²) in [5.41, 5.74) is 0.174. The first-order valence-corrected chi connectivity index (χ1v) is 7.32. The van der Waals surface area contributed by atoms with Crippen molar-refractivity contribution < 1.29 is 19.4 Å². The predicted octanol–water partition coefficient (Wildman–Crippen LogP) is 1.25. The third kappa shape index (κ3) is 5.12. The lowest BCUT2D eigenvalue weighted by molar-refractivity contribution is -0.135. The zero-order valence-corrected chi connectivity index (χ0v) is 12.4. The van der Waals surface area contributed by atoms with Crippen molar-refractivity contribution in [2.45, 2.75) is 38.1 Å². The van der Waals surface area contributed by atoms with Crippen LogP contribution < -0.4 is 5.32 Å². The number of amides is 1. The van der Waals surface area contributed by atoms with Crippen LogP contribution in [0, 0.1) is 0 Å². The van der Waals surface area contributed by atoms with E-state index in [2.05, 4.69) is 5.32 Å². The first-order chi connectivity index (χ1) is 10.1. The van der Waals surface area contributed by atoms with Crippen LogP contribution in [0.2, 0.25) is 0 Å². The van der Waals surface area contributed by atoms with Crippen LogP contribution in [0.5, 0.6) is 0 Å². The number of carbonyl (C=O) groups is 1. The number of hydrogen-bond acceptors (Lipinski definition) is 4. The van der Waals surface area contributed by atoms with E-state index in [0.717, 1.165) is 5.56 Å². The molecule has 2 N–H and O–H groups in total. The first-order valence-electron chi connectivity index (χ1n) is 7.32. The van der Waals surface area contributed by atoms with E-state index >= 15 is 0 Å². The van der Waals surface area contributed by atoms with E-state index in [1.807, 2.05) is 30.3 Å². The minimum atomic E-state index is -0.854. The maximum absolute atomic E-state index is 12.0. The SMILES string of the molecule is CC(OCc1ccccc1)C(=O)NCC1(O)CCOCC1. The van der Waals surface area contributed by atoms with Gasteiger partial charge in [0.25, 0.3) is 0 Å². The van der Waals surface area contributed by atoms with Gasteiger partial charge in [-0.3, -0.25) is 4.79 Å². The molecule has 5 nitrogen and oxygen atoms in total. The number of hydrogen-bond donors (Lipinski definition) is 2. The molecule has 1 saturated heterocycles. The summed E-state index contributed by atoms with van der Waals surface area (Å²) in [5, 5.41) is 13.0. The van der Waals surface area contributed by atoms with E-state index in [9.17, 15) is 9.90 Å². The monoisotopic (exact) mass is 293 g/mol. The molecule has 1 fully saturated rings. The Morgan fingerprint density at radius 1 is 1.38 bits per heavy atom. The second-order valence-electron chi connectivity index (χ2n) is 5.49. The van der Waals surface area contributed by atoms with Gasteiger partial charge in [0.2, 0.25) is 5.91 Å². The molecule has 1 heterocycles. The van der Waals surface area contributed by atoms with Crippen molar-refractivity contribution in [3.05, 3.63) is 35.9 Å². The molecule has 0 aliphatic carbocycles. The molecule has 0 spiro atoms. The van der Waals surface area contributed by atoms with Crippen LogP contribution in [0.4, 0.5) is 0 Å². The second kappa shape index (κ2) is 7.54. The minimum Gasteiger partial charge on any atom is -0.388 e. The van der Waals surface area contributed by atoms with Crippen LogP contribution in [0.15, 0.2) is 30.3 Å². The molecule has 116 valence electrons.